The Balaban J connectivity index is 1.84. The van der Waals surface area contributed by atoms with Gasteiger partial charge in [0.05, 0.1) is 6.26 Å². The van der Waals surface area contributed by atoms with E-state index < -0.39 is 0 Å². The van der Waals surface area contributed by atoms with E-state index in [1.165, 1.54) is 17.6 Å². The molecular weight excluding hydrogens is 286 g/mol. The molecule has 0 radical (unpaired) electrons. The van der Waals surface area contributed by atoms with Crippen LogP contribution in [-0.4, -0.2) is 16.1 Å². The number of aryl methyl sites for hydroxylation is 1. The molecule has 0 spiro atoms. The van der Waals surface area contributed by atoms with Gasteiger partial charge < -0.3 is 4.42 Å². The fourth-order valence-corrected chi connectivity index (χ4v) is 2.61. The van der Waals surface area contributed by atoms with Gasteiger partial charge in [0.2, 0.25) is 5.13 Å². The lowest BCUT2D eigenvalue weighted by Crippen LogP contribution is -2.11. The molecule has 3 aromatic rings. The molecule has 2 aromatic heterocycles. The minimum Gasteiger partial charge on any atom is -0.459 e. The summed E-state index contributed by atoms with van der Waals surface area (Å²) in [7, 11) is 0. The van der Waals surface area contributed by atoms with Crippen LogP contribution in [-0.2, 0) is 6.42 Å². The van der Waals surface area contributed by atoms with Crippen LogP contribution in [0.4, 0.5) is 5.13 Å². The van der Waals surface area contributed by atoms with Gasteiger partial charge in [0.25, 0.3) is 5.91 Å². The SMILES string of the molecule is CCc1nnc(NC(=O)c2occc2-c2ccccc2)s1. The Morgan fingerprint density at radius 1 is 1.24 bits per heavy atom. The fraction of sp³-hybridized carbons (Fsp3) is 0.133. The molecule has 1 amide bonds. The topological polar surface area (TPSA) is 68.0 Å². The number of aromatic nitrogens is 2. The van der Waals surface area contributed by atoms with Crippen LogP contribution in [0.25, 0.3) is 11.1 Å². The highest BCUT2D eigenvalue weighted by atomic mass is 32.1. The molecule has 0 atom stereocenters. The lowest BCUT2D eigenvalue weighted by atomic mass is 10.1. The summed E-state index contributed by atoms with van der Waals surface area (Å²) in [6.07, 6.45) is 2.30. The Morgan fingerprint density at radius 2 is 2.05 bits per heavy atom. The molecule has 0 saturated carbocycles. The van der Waals surface area contributed by atoms with E-state index in [0.29, 0.717) is 5.13 Å². The molecule has 21 heavy (non-hydrogen) atoms. The first kappa shape index (κ1) is 13.5. The lowest BCUT2D eigenvalue weighted by Gasteiger charge is -2.02. The van der Waals surface area contributed by atoms with Gasteiger partial charge in [0.15, 0.2) is 5.76 Å². The molecule has 0 bridgehead atoms. The first-order chi connectivity index (χ1) is 10.3. The van der Waals surface area contributed by atoms with Gasteiger partial charge in [-0.2, -0.15) is 0 Å². The number of carbonyl (C=O) groups is 1. The quantitative estimate of drug-likeness (QED) is 0.799. The predicted octanol–water partition coefficient (Wildman–Crippen LogP) is 3.61. The Labute approximate surface area is 125 Å². The van der Waals surface area contributed by atoms with Crippen molar-refractivity contribution >= 4 is 22.4 Å². The van der Waals surface area contributed by atoms with E-state index in [4.69, 9.17) is 4.42 Å². The molecule has 0 fully saturated rings. The van der Waals surface area contributed by atoms with E-state index >= 15 is 0 Å². The molecule has 0 aliphatic heterocycles. The Morgan fingerprint density at radius 3 is 2.76 bits per heavy atom. The molecule has 1 N–H and O–H groups in total. The summed E-state index contributed by atoms with van der Waals surface area (Å²) in [6.45, 7) is 1.99. The third-order valence-corrected chi connectivity index (χ3v) is 3.93. The van der Waals surface area contributed by atoms with Gasteiger partial charge in [-0.25, -0.2) is 0 Å². The molecule has 5 nitrogen and oxygen atoms in total. The first-order valence-electron chi connectivity index (χ1n) is 6.54. The summed E-state index contributed by atoms with van der Waals surface area (Å²) in [4.78, 5) is 12.3. The number of nitrogens with one attached hydrogen (secondary N) is 1. The Hall–Kier alpha value is -2.47. The van der Waals surface area contributed by atoms with Crippen LogP contribution in [0.15, 0.2) is 47.1 Å². The monoisotopic (exact) mass is 299 g/mol. The number of hydrogen-bond acceptors (Lipinski definition) is 5. The summed E-state index contributed by atoms with van der Waals surface area (Å²) < 4.78 is 5.33. The Bertz CT molecular complexity index is 749. The molecule has 2 heterocycles. The van der Waals surface area contributed by atoms with Gasteiger partial charge in [0.1, 0.15) is 5.01 Å². The van der Waals surface area contributed by atoms with E-state index in [1.807, 2.05) is 37.3 Å². The van der Waals surface area contributed by atoms with E-state index in [2.05, 4.69) is 15.5 Å². The highest BCUT2D eigenvalue weighted by molar-refractivity contribution is 7.15. The van der Waals surface area contributed by atoms with Crippen molar-refractivity contribution in [2.75, 3.05) is 5.32 Å². The molecule has 0 aliphatic carbocycles. The summed E-state index contributed by atoms with van der Waals surface area (Å²) in [5, 5.41) is 12.0. The second-order valence-corrected chi connectivity index (χ2v) is 5.40. The second kappa shape index (κ2) is 5.88. The molecule has 0 unspecified atom stereocenters. The minimum absolute atomic E-state index is 0.273. The number of anilines is 1. The van der Waals surface area contributed by atoms with Crippen molar-refractivity contribution < 1.29 is 9.21 Å². The van der Waals surface area contributed by atoms with E-state index in [1.54, 1.807) is 6.07 Å². The molecule has 0 aliphatic rings. The molecule has 6 heteroatoms. The molecule has 106 valence electrons. The smallest absolute Gasteiger partial charge is 0.293 e. The standard InChI is InChI=1S/C15H13N3O2S/c1-2-12-17-18-15(21-12)16-14(19)13-11(8-9-20-13)10-6-4-3-5-7-10/h3-9H,2H2,1H3,(H,16,18,19). The number of carbonyl (C=O) groups excluding carboxylic acids is 1. The normalized spacial score (nSPS) is 10.5. The third-order valence-electron chi connectivity index (χ3n) is 2.95. The summed E-state index contributed by atoms with van der Waals surface area (Å²) in [5.74, 6) is -0.0490. The molecular formula is C15H13N3O2S. The number of rotatable bonds is 4. The van der Waals surface area contributed by atoms with Crippen molar-refractivity contribution in [1.29, 1.82) is 0 Å². The van der Waals surface area contributed by atoms with E-state index in [9.17, 15) is 4.79 Å². The number of benzene rings is 1. The molecule has 1 aromatic carbocycles. The zero-order valence-corrected chi connectivity index (χ0v) is 12.2. The van der Waals surface area contributed by atoms with Crippen molar-refractivity contribution in [3.05, 3.63) is 53.4 Å². The van der Waals surface area contributed by atoms with Gasteiger partial charge in [-0.15, -0.1) is 10.2 Å². The van der Waals surface area contributed by atoms with Crippen molar-refractivity contribution in [3.8, 4) is 11.1 Å². The zero-order chi connectivity index (χ0) is 14.7. The predicted molar refractivity (Wildman–Crippen MR) is 81.4 cm³/mol. The average Bonchev–Trinajstić information content (AvgIpc) is 3.17. The Kier molecular flexibility index (Phi) is 3.79. The summed E-state index contributed by atoms with van der Waals surface area (Å²) in [5.41, 5.74) is 1.69. The van der Waals surface area contributed by atoms with E-state index in [0.717, 1.165) is 22.6 Å². The molecule has 3 rings (SSSR count). The van der Waals surface area contributed by atoms with Crippen molar-refractivity contribution in [3.63, 3.8) is 0 Å². The van der Waals surface area contributed by atoms with E-state index in [-0.39, 0.29) is 11.7 Å². The van der Waals surface area contributed by atoms with Crippen LogP contribution in [0.2, 0.25) is 0 Å². The second-order valence-electron chi connectivity index (χ2n) is 4.34. The van der Waals surface area contributed by atoms with Gasteiger partial charge in [-0.1, -0.05) is 48.6 Å². The van der Waals surface area contributed by atoms with Gasteiger partial charge in [0, 0.05) is 5.56 Å². The van der Waals surface area contributed by atoms with Crippen molar-refractivity contribution in [2.24, 2.45) is 0 Å². The number of furan rings is 1. The van der Waals surface area contributed by atoms with Crippen LogP contribution < -0.4 is 5.32 Å². The first-order valence-corrected chi connectivity index (χ1v) is 7.36. The zero-order valence-electron chi connectivity index (χ0n) is 11.4. The van der Waals surface area contributed by atoms with Gasteiger partial charge >= 0.3 is 0 Å². The van der Waals surface area contributed by atoms with Crippen LogP contribution >= 0.6 is 11.3 Å². The highest BCUT2D eigenvalue weighted by Gasteiger charge is 2.18. The van der Waals surface area contributed by atoms with Crippen LogP contribution in [0.1, 0.15) is 22.5 Å². The minimum atomic E-state index is -0.322. The maximum Gasteiger partial charge on any atom is 0.293 e. The fourth-order valence-electron chi connectivity index (χ4n) is 1.93. The van der Waals surface area contributed by atoms with Crippen LogP contribution in [0.5, 0.6) is 0 Å². The average molecular weight is 299 g/mol. The highest BCUT2D eigenvalue weighted by Crippen LogP contribution is 2.26. The lowest BCUT2D eigenvalue weighted by molar-refractivity contribution is 0.0997. The van der Waals surface area contributed by atoms with Crippen LogP contribution in [0, 0.1) is 0 Å². The van der Waals surface area contributed by atoms with Crippen molar-refractivity contribution in [2.45, 2.75) is 13.3 Å². The summed E-state index contributed by atoms with van der Waals surface area (Å²) >= 11 is 1.36. The number of nitrogens with zero attached hydrogens (tertiary/aromatic N) is 2. The van der Waals surface area contributed by atoms with Gasteiger partial charge in [-0.3, -0.25) is 10.1 Å². The van der Waals surface area contributed by atoms with Crippen molar-refractivity contribution in [1.82, 2.24) is 10.2 Å². The maximum absolute atomic E-state index is 12.3. The van der Waals surface area contributed by atoms with Crippen LogP contribution in [0.3, 0.4) is 0 Å². The number of amides is 1. The van der Waals surface area contributed by atoms with Gasteiger partial charge in [-0.05, 0) is 18.1 Å². The third kappa shape index (κ3) is 2.85. The maximum atomic E-state index is 12.3. The largest absolute Gasteiger partial charge is 0.459 e. The summed E-state index contributed by atoms with van der Waals surface area (Å²) in [6, 6.07) is 11.4. The molecule has 0 saturated heterocycles. The number of hydrogen-bond donors (Lipinski definition) is 1.